The number of benzene rings is 3. The largest absolute Gasteiger partial charge is 0.493 e. The second kappa shape index (κ2) is 11.9. The van der Waals surface area contributed by atoms with Crippen LogP contribution in [0.15, 0.2) is 70.0 Å². The van der Waals surface area contributed by atoms with Gasteiger partial charge in [0.05, 0.1) is 27.2 Å². The van der Waals surface area contributed by atoms with Crippen molar-refractivity contribution >= 4 is 68.1 Å². The van der Waals surface area contributed by atoms with Crippen LogP contribution in [-0.4, -0.2) is 35.6 Å². The Morgan fingerprint density at radius 3 is 2.65 bits per heavy atom. The number of anilines is 1. The second-order valence-corrected chi connectivity index (χ2v) is 10.4. The van der Waals surface area contributed by atoms with E-state index in [1.807, 2.05) is 31.2 Å². The molecule has 1 heterocycles. The van der Waals surface area contributed by atoms with Crippen LogP contribution >= 0.6 is 39.3 Å². The van der Waals surface area contributed by atoms with Crippen LogP contribution in [0.1, 0.15) is 16.7 Å². The van der Waals surface area contributed by atoms with Crippen LogP contribution in [0.3, 0.4) is 0 Å². The zero-order valence-electron chi connectivity index (χ0n) is 19.9. The first-order valence-corrected chi connectivity index (χ1v) is 13.1. The summed E-state index contributed by atoms with van der Waals surface area (Å²) >= 11 is 10.3. The Labute approximate surface area is 231 Å². The molecule has 0 radical (unpaired) electrons. The highest BCUT2D eigenvalue weighted by Crippen LogP contribution is 2.39. The highest BCUT2D eigenvalue weighted by atomic mass is 79.9. The molecule has 3 amide bonds. The zero-order valence-corrected chi connectivity index (χ0v) is 23.1. The Balaban J connectivity index is 1.48. The molecule has 0 aliphatic carbocycles. The number of halogens is 2. The maximum atomic E-state index is 12.9. The minimum absolute atomic E-state index is 0.193. The Morgan fingerprint density at radius 1 is 1.14 bits per heavy atom. The number of aryl methyl sites for hydroxylation is 1. The number of para-hydroxylation sites is 1. The topological polar surface area (TPSA) is 84.9 Å². The fourth-order valence-corrected chi connectivity index (χ4v) is 5.20. The Bertz CT molecular complexity index is 1410. The van der Waals surface area contributed by atoms with Gasteiger partial charge in [-0.3, -0.25) is 19.3 Å². The maximum absolute atomic E-state index is 12.9. The highest BCUT2D eigenvalue weighted by Gasteiger charge is 2.36. The lowest BCUT2D eigenvalue weighted by atomic mass is 10.1. The van der Waals surface area contributed by atoms with Gasteiger partial charge in [-0.25, -0.2) is 0 Å². The van der Waals surface area contributed by atoms with Crippen LogP contribution in [0.2, 0.25) is 5.02 Å². The van der Waals surface area contributed by atoms with E-state index in [0.29, 0.717) is 38.9 Å². The van der Waals surface area contributed by atoms with Gasteiger partial charge in [-0.05, 0) is 76.1 Å². The molecule has 1 aliphatic rings. The van der Waals surface area contributed by atoms with Crippen LogP contribution in [0.25, 0.3) is 6.08 Å². The number of hydrogen-bond acceptors (Lipinski definition) is 6. The smallest absolute Gasteiger partial charge is 0.294 e. The molecule has 190 valence electrons. The number of methoxy groups -OCH3 is 1. The number of rotatable bonds is 8. The minimum Gasteiger partial charge on any atom is -0.493 e. The normalized spacial score (nSPS) is 14.3. The summed E-state index contributed by atoms with van der Waals surface area (Å²) in [4.78, 5) is 38.9. The molecular weight excluding hydrogens is 580 g/mol. The van der Waals surface area contributed by atoms with Gasteiger partial charge in [0, 0.05) is 0 Å². The van der Waals surface area contributed by atoms with Gasteiger partial charge in [0.1, 0.15) is 13.2 Å². The molecule has 1 aliphatic heterocycles. The van der Waals surface area contributed by atoms with Gasteiger partial charge < -0.3 is 14.8 Å². The first-order valence-electron chi connectivity index (χ1n) is 11.1. The molecule has 0 unspecified atom stereocenters. The van der Waals surface area contributed by atoms with E-state index in [9.17, 15) is 14.4 Å². The number of amides is 3. The van der Waals surface area contributed by atoms with E-state index in [2.05, 4.69) is 21.2 Å². The van der Waals surface area contributed by atoms with Crippen molar-refractivity contribution in [3.63, 3.8) is 0 Å². The van der Waals surface area contributed by atoms with Crippen molar-refractivity contribution in [1.82, 2.24) is 4.90 Å². The van der Waals surface area contributed by atoms with Gasteiger partial charge in [-0.2, -0.15) is 0 Å². The molecule has 0 atom stereocenters. The fraction of sp³-hybridized carbons (Fsp3) is 0.148. The third kappa shape index (κ3) is 6.54. The molecule has 7 nitrogen and oxygen atoms in total. The number of carbonyl (C=O) groups is 3. The molecule has 1 saturated heterocycles. The van der Waals surface area contributed by atoms with Gasteiger partial charge >= 0.3 is 0 Å². The summed E-state index contributed by atoms with van der Waals surface area (Å²) in [5, 5.41) is 2.44. The first-order chi connectivity index (χ1) is 17.7. The summed E-state index contributed by atoms with van der Waals surface area (Å²) in [6.07, 6.45) is 1.58. The molecular formula is C27H22BrClN2O5S. The summed E-state index contributed by atoms with van der Waals surface area (Å²) in [6.45, 7) is 1.94. The average molecular weight is 602 g/mol. The summed E-state index contributed by atoms with van der Waals surface area (Å²) in [7, 11) is 1.52. The molecule has 3 aromatic carbocycles. The van der Waals surface area contributed by atoms with E-state index in [-0.39, 0.29) is 4.91 Å². The van der Waals surface area contributed by atoms with Crippen molar-refractivity contribution in [3.05, 3.63) is 91.8 Å². The quantitative estimate of drug-likeness (QED) is 0.290. The van der Waals surface area contributed by atoms with Crippen LogP contribution in [0.5, 0.6) is 11.5 Å². The summed E-state index contributed by atoms with van der Waals surface area (Å²) in [6, 6.07) is 18.2. The van der Waals surface area contributed by atoms with E-state index in [1.165, 1.54) is 7.11 Å². The molecule has 3 aromatic rings. The number of imide groups is 1. The molecule has 0 saturated carbocycles. The second-order valence-electron chi connectivity index (χ2n) is 8.11. The fourth-order valence-electron chi connectivity index (χ4n) is 3.60. The lowest BCUT2D eigenvalue weighted by Gasteiger charge is -2.14. The summed E-state index contributed by atoms with van der Waals surface area (Å²) < 4.78 is 12.1. The molecule has 0 aromatic heterocycles. The van der Waals surface area contributed by atoms with Gasteiger partial charge in [-0.1, -0.05) is 53.6 Å². The van der Waals surface area contributed by atoms with Crippen molar-refractivity contribution in [2.24, 2.45) is 0 Å². The summed E-state index contributed by atoms with van der Waals surface area (Å²) in [5.41, 5.74) is 3.18. The number of thioether (sulfide) groups is 1. The van der Waals surface area contributed by atoms with Crippen molar-refractivity contribution in [3.8, 4) is 11.5 Å². The molecule has 37 heavy (non-hydrogen) atoms. The number of carbonyl (C=O) groups excluding carboxylic acids is 3. The number of hydrogen-bond donors (Lipinski definition) is 1. The van der Waals surface area contributed by atoms with Crippen molar-refractivity contribution < 1.29 is 23.9 Å². The molecule has 0 bridgehead atoms. The monoisotopic (exact) mass is 600 g/mol. The zero-order chi connectivity index (χ0) is 26.5. The predicted octanol–water partition coefficient (Wildman–Crippen LogP) is 6.67. The van der Waals surface area contributed by atoms with E-state index in [4.69, 9.17) is 21.1 Å². The predicted molar refractivity (Wildman–Crippen MR) is 149 cm³/mol. The van der Waals surface area contributed by atoms with Crippen LogP contribution in [0.4, 0.5) is 10.5 Å². The Morgan fingerprint density at radius 2 is 1.92 bits per heavy atom. The van der Waals surface area contributed by atoms with E-state index in [0.717, 1.165) is 27.8 Å². The maximum Gasteiger partial charge on any atom is 0.294 e. The van der Waals surface area contributed by atoms with Crippen LogP contribution < -0.4 is 14.8 Å². The minimum atomic E-state index is -0.556. The number of ether oxygens (including phenoxy) is 2. The molecule has 4 rings (SSSR count). The van der Waals surface area contributed by atoms with Gasteiger partial charge in [0.2, 0.25) is 5.91 Å². The third-order valence-corrected chi connectivity index (χ3v) is 7.16. The van der Waals surface area contributed by atoms with E-state index >= 15 is 0 Å². The molecule has 1 fully saturated rings. The van der Waals surface area contributed by atoms with E-state index < -0.39 is 23.6 Å². The van der Waals surface area contributed by atoms with Crippen molar-refractivity contribution in [2.45, 2.75) is 13.5 Å². The first kappa shape index (κ1) is 26.8. The number of nitrogens with zero attached hydrogens (tertiary/aromatic N) is 1. The van der Waals surface area contributed by atoms with Gasteiger partial charge in [-0.15, -0.1) is 0 Å². The SMILES string of the molecule is COc1cc(/C=C2/SC(=O)N(CC(=O)Nc3ccccc3Cl)C2=O)cc(Br)c1OCc1cccc(C)c1. The molecule has 0 spiro atoms. The average Bonchev–Trinajstić information content (AvgIpc) is 3.11. The van der Waals surface area contributed by atoms with Crippen molar-refractivity contribution in [2.75, 3.05) is 19.0 Å². The van der Waals surface area contributed by atoms with E-state index in [1.54, 1.807) is 42.5 Å². The summed E-state index contributed by atoms with van der Waals surface area (Å²) in [5.74, 6) is -0.104. The van der Waals surface area contributed by atoms with Crippen molar-refractivity contribution in [1.29, 1.82) is 0 Å². The van der Waals surface area contributed by atoms with Crippen LogP contribution in [-0.2, 0) is 16.2 Å². The standard InChI is InChI=1S/C27H22BrClN2O5S/c1-16-6-5-7-17(10-16)15-36-25-19(28)11-18(12-22(25)35-2)13-23-26(33)31(27(34)37-23)14-24(32)30-21-9-4-3-8-20(21)29/h3-13H,14-15H2,1-2H3,(H,30,32)/b23-13+. The highest BCUT2D eigenvalue weighted by molar-refractivity contribution is 9.10. The Hall–Kier alpha value is -3.27. The Kier molecular flexibility index (Phi) is 8.58. The molecule has 1 N–H and O–H groups in total. The van der Waals surface area contributed by atoms with Gasteiger partial charge in [0.25, 0.3) is 11.1 Å². The third-order valence-electron chi connectivity index (χ3n) is 5.34. The molecule has 10 heteroatoms. The van der Waals surface area contributed by atoms with Gasteiger partial charge in [0.15, 0.2) is 11.5 Å². The lowest BCUT2D eigenvalue weighted by Crippen LogP contribution is -2.36. The van der Waals surface area contributed by atoms with Crippen LogP contribution in [0, 0.1) is 6.92 Å². The number of nitrogens with one attached hydrogen (secondary N) is 1. The lowest BCUT2D eigenvalue weighted by molar-refractivity contribution is -0.127.